The van der Waals surface area contributed by atoms with Crippen molar-refractivity contribution in [2.24, 2.45) is 22.0 Å². The second-order valence-corrected chi connectivity index (χ2v) is 6.15. The Bertz CT molecular complexity index is 349. The molecule has 0 amide bonds. The maximum atomic E-state index is 11.8. The largest absolute Gasteiger partial charge is 0.464 e. The average Bonchev–Trinajstić information content (AvgIpc) is 2.47. The van der Waals surface area contributed by atoms with Gasteiger partial charge in [0.05, 0.1) is 6.61 Å². The van der Waals surface area contributed by atoms with Crippen molar-refractivity contribution in [3.05, 3.63) is 4.91 Å². The fourth-order valence-electron chi connectivity index (χ4n) is 2.82. The topological polar surface area (TPSA) is 68.1 Å². The van der Waals surface area contributed by atoms with E-state index in [0.717, 1.165) is 6.42 Å². The molecule has 0 bridgehead atoms. The van der Waals surface area contributed by atoms with Crippen molar-refractivity contribution in [1.82, 2.24) is 0 Å². The van der Waals surface area contributed by atoms with Crippen LogP contribution in [0.1, 0.15) is 59.3 Å². The Balaban J connectivity index is 2.58. The number of esters is 1. The first-order valence-corrected chi connectivity index (χ1v) is 8.10. The van der Waals surface area contributed by atoms with Gasteiger partial charge in [-0.1, -0.05) is 51.1 Å². The number of hydrogen-bond donors (Lipinski definition) is 0. The molecule has 5 heteroatoms. The second kappa shape index (κ2) is 9.64. The standard InChI is InChI=1S/C16H28N2O3/c1-4-21-16(19)15(12(2)3)17-11-14(18-20)10-13-8-6-5-7-9-13/h11-15H,4-10H2,1-3H3/t14-,15-/m0/s1. The van der Waals surface area contributed by atoms with E-state index in [4.69, 9.17) is 4.74 Å². The summed E-state index contributed by atoms with van der Waals surface area (Å²) in [7, 11) is 0. The minimum absolute atomic E-state index is 0.0438. The Hall–Kier alpha value is -1.26. The quantitative estimate of drug-likeness (QED) is 0.389. The second-order valence-electron chi connectivity index (χ2n) is 6.15. The van der Waals surface area contributed by atoms with Crippen molar-refractivity contribution in [2.75, 3.05) is 6.61 Å². The van der Waals surface area contributed by atoms with E-state index in [9.17, 15) is 9.70 Å². The summed E-state index contributed by atoms with van der Waals surface area (Å²) >= 11 is 0. The predicted molar refractivity (Wildman–Crippen MR) is 84.5 cm³/mol. The zero-order chi connectivity index (χ0) is 15.7. The van der Waals surface area contributed by atoms with E-state index in [1.165, 1.54) is 32.1 Å². The van der Waals surface area contributed by atoms with Crippen LogP contribution in [0.15, 0.2) is 10.2 Å². The molecule has 0 unspecified atom stereocenters. The molecule has 1 rings (SSSR count). The fraction of sp³-hybridized carbons (Fsp3) is 0.875. The number of aliphatic imine (C=N–C) groups is 1. The van der Waals surface area contributed by atoms with Crippen molar-refractivity contribution in [3.63, 3.8) is 0 Å². The molecule has 0 saturated heterocycles. The number of ether oxygens (including phenoxy) is 1. The summed E-state index contributed by atoms with van der Waals surface area (Å²) in [5.41, 5.74) is 0. The SMILES string of the molecule is CCOC(=O)[C@@H](N=C[C@H](CC1CCCCC1)N=O)C(C)C. The Kier molecular flexibility index (Phi) is 8.16. The van der Waals surface area contributed by atoms with E-state index in [0.29, 0.717) is 12.5 Å². The van der Waals surface area contributed by atoms with Gasteiger partial charge < -0.3 is 4.74 Å². The van der Waals surface area contributed by atoms with Gasteiger partial charge in [-0.2, -0.15) is 4.91 Å². The molecule has 1 saturated carbocycles. The molecule has 0 aromatic rings. The van der Waals surface area contributed by atoms with E-state index in [2.05, 4.69) is 10.2 Å². The van der Waals surface area contributed by atoms with Crippen LogP contribution in [-0.2, 0) is 9.53 Å². The molecule has 0 aliphatic heterocycles. The lowest BCUT2D eigenvalue weighted by Crippen LogP contribution is -2.28. The number of carbonyl (C=O) groups is 1. The first-order chi connectivity index (χ1) is 10.1. The average molecular weight is 296 g/mol. The Morgan fingerprint density at radius 3 is 2.48 bits per heavy atom. The van der Waals surface area contributed by atoms with Crippen molar-refractivity contribution in [1.29, 1.82) is 0 Å². The molecule has 2 atom stereocenters. The molecule has 0 aromatic carbocycles. The monoisotopic (exact) mass is 296 g/mol. The van der Waals surface area contributed by atoms with E-state index >= 15 is 0 Å². The van der Waals surface area contributed by atoms with Crippen LogP contribution in [0.2, 0.25) is 0 Å². The highest BCUT2D eigenvalue weighted by Gasteiger charge is 2.23. The molecule has 21 heavy (non-hydrogen) atoms. The van der Waals surface area contributed by atoms with Crippen molar-refractivity contribution >= 4 is 12.2 Å². The van der Waals surface area contributed by atoms with Crippen molar-refractivity contribution in [2.45, 2.75) is 71.4 Å². The summed E-state index contributed by atoms with van der Waals surface area (Å²) in [5.74, 6) is 0.279. The summed E-state index contributed by atoms with van der Waals surface area (Å²) in [6.45, 7) is 5.96. The molecular formula is C16H28N2O3. The first-order valence-electron chi connectivity index (χ1n) is 8.10. The van der Waals surface area contributed by atoms with Crippen LogP contribution in [0, 0.1) is 16.7 Å². The van der Waals surface area contributed by atoms with Crippen LogP contribution >= 0.6 is 0 Å². The van der Waals surface area contributed by atoms with Gasteiger partial charge in [0.1, 0.15) is 12.1 Å². The Morgan fingerprint density at radius 2 is 1.95 bits per heavy atom. The van der Waals surface area contributed by atoms with E-state index in [1.807, 2.05) is 13.8 Å². The Labute approximate surface area is 127 Å². The smallest absolute Gasteiger partial charge is 0.331 e. The molecule has 1 aliphatic carbocycles. The van der Waals surface area contributed by atoms with Crippen LogP contribution in [0.25, 0.3) is 0 Å². The summed E-state index contributed by atoms with van der Waals surface area (Å²) in [6, 6.07) is -0.968. The lowest BCUT2D eigenvalue weighted by molar-refractivity contribution is -0.145. The molecule has 0 spiro atoms. The third-order valence-electron chi connectivity index (χ3n) is 4.01. The lowest BCUT2D eigenvalue weighted by Gasteiger charge is -2.22. The highest BCUT2D eigenvalue weighted by molar-refractivity contribution is 5.79. The first kappa shape index (κ1) is 17.8. The minimum Gasteiger partial charge on any atom is -0.464 e. The van der Waals surface area contributed by atoms with Crippen LogP contribution in [-0.4, -0.2) is 30.9 Å². The van der Waals surface area contributed by atoms with Crippen LogP contribution in [0.3, 0.4) is 0 Å². The number of carbonyl (C=O) groups excluding carboxylic acids is 1. The van der Waals surface area contributed by atoms with Crippen LogP contribution in [0.4, 0.5) is 0 Å². The maximum Gasteiger partial charge on any atom is 0.331 e. The third-order valence-corrected chi connectivity index (χ3v) is 4.01. The van der Waals surface area contributed by atoms with E-state index in [-0.39, 0.29) is 11.9 Å². The zero-order valence-corrected chi connectivity index (χ0v) is 13.5. The molecule has 0 N–H and O–H groups in total. The van der Waals surface area contributed by atoms with Gasteiger partial charge in [-0.25, -0.2) is 4.79 Å². The van der Waals surface area contributed by atoms with Gasteiger partial charge in [0.15, 0.2) is 0 Å². The number of rotatable bonds is 8. The number of nitrogens with zero attached hydrogens (tertiary/aromatic N) is 2. The van der Waals surface area contributed by atoms with Gasteiger partial charge in [0.25, 0.3) is 0 Å². The minimum atomic E-state index is -0.541. The van der Waals surface area contributed by atoms with Gasteiger partial charge >= 0.3 is 5.97 Å². The lowest BCUT2D eigenvalue weighted by atomic mass is 9.85. The van der Waals surface area contributed by atoms with Gasteiger partial charge in [-0.15, -0.1) is 0 Å². The van der Waals surface area contributed by atoms with Crippen molar-refractivity contribution < 1.29 is 9.53 Å². The third kappa shape index (κ3) is 6.36. The highest BCUT2D eigenvalue weighted by Crippen LogP contribution is 2.27. The molecule has 0 aromatic heterocycles. The molecule has 5 nitrogen and oxygen atoms in total. The summed E-state index contributed by atoms with van der Waals surface area (Å²) in [5, 5.41) is 3.17. The van der Waals surface area contributed by atoms with Crippen molar-refractivity contribution in [3.8, 4) is 0 Å². The summed E-state index contributed by atoms with van der Waals surface area (Å²) < 4.78 is 5.02. The van der Waals surface area contributed by atoms with E-state index in [1.54, 1.807) is 13.1 Å². The number of nitroso groups, excluding NO2 is 1. The van der Waals surface area contributed by atoms with Gasteiger partial charge in [-0.05, 0) is 25.2 Å². The highest BCUT2D eigenvalue weighted by atomic mass is 16.5. The Morgan fingerprint density at radius 1 is 1.29 bits per heavy atom. The van der Waals surface area contributed by atoms with Crippen LogP contribution < -0.4 is 0 Å². The van der Waals surface area contributed by atoms with Gasteiger partial charge in [0, 0.05) is 6.21 Å². The molecule has 120 valence electrons. The predicted octanol–water partition coefficient (Wildman–Crippen LogP) is 3.75. The normalized spacial score (nSPS) is 19.6. The van der Waals surface area contributed by atoms with Crippen LogP contribution in [0.5, 0.6) is 0 Å². The molecule has 0 heterocycles. The molecule has 1 fully saturated rings. The molecule has 1 aliphatic rings. The van der Waals surface area contributed by atoms with Gasteiger partial charge in [-0.3, -0.25) is 4.99 Å². The van der Waals surface area contributed by atoms with E-state index < -0.39 is 12.1 Å². The molecule has 0 radical (unpaired) electrons. The summed E-state index contributed by atoms with van der Waals surface area (Å²) in [4.78, 5) is 27.1. The maximum absolute atomic E-state index is 11.8. The number of hydrogen-bond acceptors (Lipinski definition) is 5. The molecular weight excluding hydrogens is 268 g/mol. The fourth-order valence-corrected chi connectivity index (χ4v) is 2.82. The summed E-state index contributed by atoms with van der Waals surface area (Å²) in [6.07, 6.45) is 8.43. The van der Waals surface area contributed by atoms with Gasteiger partial charge in [0.2, 0.25) is 0 Å². The zero-order valence-electron chi connectivity index (χ0n) is 13.5.